The van der Waals surface area contributed by atoms with Crippen molar-refractivity contribution in [1.82, 2.24) is 0 Å². The first-order chi connectivity index (χ1) is 31.9. The summed E-state index contributed by atoms with van der Waals surface area (Å²) in [6.07, 6.45) is -11.1. The standard InChI is InChI=1S/C17H33F3.C15H29F3.C10H17F3.C8H13F3.C7H11F3/c1-10(2)14(11(3)4)16(9,17(18,19)20)15(12(5)6)13(7)8;1-8-12(5,9-2)14(7,15(16,17)18)13(6,10-3)11-4;1-8(2)4-6-9(3,7-5-8)10(11,12)13;1-7(8(9,10)11)5-3-2-4-6-7;1-6(7(8,9)10)4-2-3-5-6/h10-15H,1-9H3;8-11H2,1-7H3;4-7H2,1-3H3;2-6H2,1H3;2-5H2,1H3. The monoisotopic (exact) mass is 1070 g/mol. The van der Waals surface area contributed by atoms with Gasteiger partial charge in [-0.05, 0) is 136 Å². The van der Waals surface area contributed by atoms with E-state index in [2.05, 4.69) is 0 Å². The molecule has 3 aliphatic rings. The van der Waals surface area contributed by atoms with Crippen molar-refractivity contribution in [1.29, 1.82) is 0 Å². The van der Waals surface area contributed by atoms with Crippen LogP contribution in [0.3, 0.4) is 0 Å². The molecule has 72 heavy (non-hydrogen) atoms. The molecule has 0 aromatic rings. The molecule has 0 amide bonds. The van der Waals surface area contributed by atoms with Gasteiger partial charge >= 0.3 is 30.9 Å². The van der Waals surface area contributed by atoms with Crippen LogP contribution in [0.5, 0.6) is 0 Å². The molecule has 436 valence electrons. The minimum Gasteiger partial charge on any atom is -0.171 e. The molecule has 0 unspecified atom stereocenters. The lowest BCUT2D eigenvalue weighted by atomic mass is 9.49. The summed E-state index contributed by atoms with van der Waals surface area (Å²) in [5.74, 6) is -0.666. The van der Waals surface area contributed by atoms with Gasteiger partial charge < -0.3 is 0 Å². The average molecular weight is 1070 g/mol. The van der Waals surface area contributed by atoms with Crippen LogP contribution in [0.1, 0.15) is 255 Å². The quantitative estimate of drug-likeness (QED) is 0.171. The molecule has 0 N–H and O–H groups in total. The molecule has 3 aliphatic carbocycles. The molecular formula is C57H103F15. The second-order valence-corrected chi connectivity index (χ2v) is 26.1. The molecule has 0 aromatic carbocycles. The van der Waals surface area contributed by atoms with E-state index in [-0.39, 0.29) is 53.8 Å². The smallest absolute Gasteiger partial charge is 0.171 e. The van der Waals surface area contributed by atoms with Crippen molar-refractivity contribution in [2.24, 2.45) is 78.8 Å². The van der Waals surface area contributed by atoms with Crippen LogP contribution in [-0.2, 0) is 0 Å². The van der Waals surface area contributed by atoms with Gasteiger partial charge in [0.1, 0.15) is 0 Å². The van der Waals surface area contributed by atoms with Crippen LogP contribution in [0.15, 0.2) is 0 Å². The molecule has 3 fully saturated rings. The summed E-state index contributed by atoms with van der Waals surface area (Å²) >= 11 is 0. The fraction of sp³-hybridized carbons (Fsp3) is 1.00. The highest BCUT2D eigenvalue weighted by molar-refractivity contribution is 5.05. The van der Waals surface area contributed by atoms with E-state index in [4.69, 9.17) is 0 Å². The van der Waals surface area contributed by atoms with Crippen molar-refractivity contribution in [3.8, 4) is 0 Å². The van der Waals surface area contributed by atoms with E-state index in [1.165, 1.54) is 34.6 Å². The predicted octanol–water partition coefficient (Wildman–Crippen LogP) is 23.4. The molecule has 0 heterocycles. The van der Waals surface area contributed by atoms with Crippen molar-refractivity contribution in [2.75, 3.05) is 0 Å². The van der Waals surface area contributed by atoms with Crippen LogP contribution < -0.4 is 0 Å². The molecule has 0 nitrogen and oxygen atoms in total. The maximum absolute atomic E-state index is 14.0. The zero-order valence-electron chi connectivity index (χ0n) is 48.7. The minimum atomic E-state index is -4.18. The third-order valence-electron chi connectivity index (χ3n) is 19.4. The predicted molar refractivity (Wildman–Crippen MR) is 268 cm³/mol. The second-order valence-electron chi connectivity index (χ2n) is 26.1. The summed E-state index contributed by atoms with van der Waals surface area (Å²) in [7, 11) is 0. The highest BCUT2D eigenvalue weighted by atomic mass is 19.4. The molecule has 0 atom stereocenters. The van der Waals surface area contributed by atoms with E-state index in [1.807, 2.05) is 96.9 Å². The highest BCUT2D eigenvalue weighted by Gasteiger charge is 2.67. The van der Waals surface area contributed by atoms with Gasteiger partial charge in [0.05, 0.1) is 27.1 Å². The van der Waals surface area contributed by atoms with Crippen LogP contribution in [0.2, 0.25) is 0 Å². The van der Waals surface area contributed by atoms with Gasteiger partial charge in [-0.1, -0.05) is 171 Å². The Balaban J connectivity index is 0. The topological polar surface area (TPSA) is 0 Å². The normalized spacial score (nSPS) is 20.1. The number of hydrogen-bond donors (Lipinski definition) is 0. The Morgan fingerprint density at radius 1 is 0.333 bits per heavy atom. The lowest BCUT2D eigenvalue weighted by Gasteiger charge is -2.57. The van der Waals surface area contributed by atoms with Crippen LogP contribution >= 0.6 is 0 Å². The van der Waals surface area contributed by atoms with Crippen molar-refractivity contribution in [3.05, 3.63) is 0 Å². The molecule has 3 saturated carbocycles. The summed E-state index contributed by atoms with van der Waals surface area (Å²) in [5.41, 5.74) is -8.80. The van der Waals surface area contributed by atoms with Crippen molar-refractivity contribution in [3.63, 3.8) is 0 Å². The van der Waals surface area contributed by atoms with Crippen LogP contribution in [0.4, 0.5) is 65.9 Å². The lowest BCUT2D eigenvalue weighted by Crippen LogP contribution is -2.57. The largest absolute Gasteiger partial charge is 0.395 e. The third kappa shape index (κ3) is 17.5. The third-order valence-corrected chi connectivity index (χ3v) is 19.4. The zero-order valence-corrected chi connectivity index (χ0v) is 48.7. The van der Waals surface area contributed by atoms with Crippen molar-refractivity contribution in [2.45, 2.75) is 285 Å². The molecule has 0 saturated heterocycles. The Labute approximate surface area is 429 Å². The van der Waals surface area contributed by atoms with E-state index in [9.17, 15) is 65.9 Å². The summed E-state index contributed by atoms with van der Waals surface area (Å²) in [6, 6.07) is 0. The Kier molecular flexibility index (Phi) is 26.9. The van der Waals surface area contributed by atoms with Gasteiger partial charge in [-0.2, -0.15) is 65.9 Å². The molecule has 0 radical (unpaired) electrons. The average Bonchev–Trinajstić information content (AvgIpc) is 3.68. The van der Waals surface area contributed by atoms with Crippen molar-refractivity contribution < 1.29 is 65.9 Å². The van der Waals surface area contributed by atoms with Gasteiger partial charge in [0.2, 0.25) is 0 Å². The van der Waals surface area contributed by atoms with Gasteiger partial charge in [0, 0.05) is 0 Å². The van der Waals surface area contributed by atoms with Gasteiger partial charge in [-0.15, -0.1) is 0 Å². The maximum Gasteiger partial charge on any atom is 0.395 e. The van der Waals surface area contributed by atoms with Crippen LogP contribution in [0.25, 0.3) is 0 Å². The number of halogens is 15. The molecule has 0 aliphatic heterocycles. The number of hydrogen-bond acceptors (Lipinski definition) is 0. The Bertz CT molecular complexity index is 1440. The first kappa shape index (κ1) is 73.0. The molecule has 3 rings (SSSR count). The van der Waals surface area contributed by atoms with Gasteiger partial charge in [0.15, 0.2) is 0 Å². The van der Waals surface area contributed by atoms with E-state index in [0.29, 0.717) is 64.2 Å². The molecule has 15 heteroatoms. The SMILES string of the molecule is CC(C)C(C(C)C)C(C)(C(C(C)C)C(C)C)C(F)(F)F.CC1(C(F)(F)F)CCCC1.CC1(C(F)(F)F)CCCCC1.CC1(C)CCC(C)(C(F)(F)F)CC1.CCC(C)(CC)C(C)(C(F)(F)F)C(C)(CC)CC. The van der Waals surface area contributed by atoms with E-state index >= 15 is 0 Å². The zero-order chi connectivity index (χ0) is 58.0. The summed E-state index contributed by atoms with van der Waals surface area (Å²) in [6.45, 7) is 37.5. The van der Waals surface area contributed by atoms with E-state index < -0.39 is 68.8 Å². The molecule has 0 spiro atoms. The summed E-state index contributed by atoms with van der Waals surface area (Å²) in [5, 5.41) is 0. The molecule has 0 aromatic heterocycles. The first-order valence-electron chi connectivity index (χ1n) is 27.2. The Morgan fingerprint density at radius 2 is 0.556 bits per heavy atom. The van der Waals surface area contributed by atoms with Crippen LogP contribution in [0, 0.1) is 78.8 Å². The first-order valence-corrected chi connectivity index (χ1v) is 27.2. The Morgan fingerprint density at radius 3 is 0.722 bits per heavy atom. The van der Waals surface area contributed by atoms with Gasteiger partial charge in [-0.25, -0.2) is 0 Å². The summed E-state index contributed by atoms with van der Waals surface area (Å²) in [4.78, 5) is 0. The lowest BCUT2D eigenvalue weighted by molar-refractivity contribution is -0.301. The molecular weight excluding hydrogens is 970 g/mol. The van der Waals surface area contributed by atoms with E-state index in [0.717, 1.165) is 32.1 Å². The highest BCUT2D eigenvalue weighted by Crippen LogP contribution is 2.65. The fourth-order valence-corrected chi connectivity index (χ4v) is 13.1. The fourth-order valence-electron chi connectivity index (χ4n) is 13.1. The minimum absolute atomic E-state index is 0.0154. The number of alkyl halides is 15. The van der Waals surface area contributed by atoms with Gasteiger partial charge in [0.25, 0.3) is 0 Å². The maximum atomic E-state index is 14.0. The molecule has 0 bridgehead atoms. The second kappa shape index (κ2) is 26.5. The van der Waals surface area contributed by atoms with E-state index in [1.54, 1.807) is 13.8 Å². The Hall–Kier alpha value is -1.05. The summed E-state index contributed by atoms with van der Waals surface area (Å²) < 4.78 is 195. The van der Waals surface area contributed by atoms with Gasteiger partial charge in [-0.3, -0.25) is 0 Å². The number of rotatable bonds is 12. The van der Waals surface area contributed by atoms with Crippen LogP contribution in [-0.4, -0.2) is 30.9 Å². The van der Waals surface area contributed by atoms with Crippen molar-refractivity contribution >= 4 is 0 Å².